The normalized spacial score (nSPS) is 11.3. The summed E-state index contributed by atoms with van der Waals surface area (Å²) in [5.74, 6) is 0.607. The molecule has 3 nitrogen and oxygen atoms in total. The van der Waals surface area contributed by atoms with Gasteiger partial charge in [0.25, 0.3) is 0 Å². The lowest BCUT2D eigenvalue weighted by atomic mass is 9.97. The molecule has 1 rings (SSSR count). The molecule has 0 aromatic heterocycles. The van der Waals surface area contributed by atoms with Gasteiger partial charge in [0.2, 0.25) is 0 Å². The molecule has 4 heteroatoms. The molecule has 17 heavy (non-hydrogen) atoms. The number of thioether (sulfide) groups is 1. The van der Waals surface area contributed by atoms with Crippen LogP contribution in [-0.2, 0) is 4.79 Å². The highest BCUT2D eigenvalue weighted by Gasteiger charge is 2.27. The van der Waals surface area contributed by atoms with E-state index in [9.17, 15) is 4.79 Å². The Labute approximate surface area is 106 Å². The standard InChI is InChI=1S/C13H18O3S/c1-9-7-10(16-4)5-6-11(9)17-8-13(2,3)12(14)15/h5-7H,8H2,1-4H3,(H,14,15). The van der Waals surface area contributed by atoms with Crippen molar-refractivity contribution >= 4 is 17.7 Å². The largest absolute Gasteiger partial charge is 0.497 e. The maximum atomic E-state index is 11.0. The summed E-state index contributed by atoms with van der Waals surface area (Å²) in [6.45, 7) is 5.47. The summed E-state index contributed by atoms with van der Waals surface area (Å²) in [5.41, 5.74) is 0.396. The first-order valence-corrected chi connectivity index (χ1v) is 6.36. The molecule has 0 heterocycles. The minimum absolute atomic E-state index is 0.551. The third-order valence-corrected chi connectivity index (χ3v) is 4.18. The van der Waals surface area contributed by atoms with Gasteiger partial charge in [-0.3, -0.25) is 4.79 Å². The zero-order valence-electron chi connectivity index (χ0n) is 10.6. The van der Waals surface area contributed by atoms with Crippen molar-refractivity contribution in [1.29, 1.82) is 0 Å². The van der Waals surface area contributed by atoms with Crippen molar-refractivity contribution in [2.45, 2.75) is 25.7 Å². The van der Waals surface area contributed by atoms with Gasteiger partial charge in [-0.1, -0.05) is 0 Å². The highest BCUT2D eigenvalue weighted by molar-refractivity contribution is 7.99. The molecule has 94 valence electrons. The first-order valence-electron chi connectivity index (χ1n) is 5.37. The number of carboxylic acid groups (broad SMARTS) is 1. The lowest BCUT2D eigenvalue weighted by Gasteiger charge is -2.19. The minimum atomic E-state index is -0.767. The van der Waals surface area contributed by atoms with E-state index in [1.807, 2.05) is 25.1 Å². The van der Waals surface area contributed by atoms with Crippen LogP contribution >= 0.6 is 11.8 Å². The Kier molecular flexibility index (Phi) is 4.46. The number of carboxylic acids is 1. The van der Waals surface area contributed by atoms with Crippen molar-refractivity contribution in [2.24, 2.45) is 5.41 Å². The highest BCUT2D eigenvalue weighted by Crippen LogP contribution is 2.31. The molecule has 0 saturated heterocycles. The number of hydrogen-bond donors (Lipinski definition) is 1. The molecule has 0 spiro atoms. The summed E-state index contributed by atoms with van der Waals surface area (Å²) in [6.07, 6.45) is 0. The van der Waals surface area contributed by atoms with Crippen LogP contribution in [0.15, 0.2) is 23.1 Å². The summed E-state index contributed by atoms with van der Waals surface area (Å²) in [5, 5.41) is 9.04. The molecule has 0 aliphatic rings. The van der Waals surface area contributed by atoms with Crippen molar-refractivity contribution in [1.82, 2.24) is 0 Å². The van der Waals surface area contributed by atoms with Crippen molar-refractivity contribution < 1.29 is 14.6 Å². The zero-order chi connectivity index (χ0) is 13.1. The number of aliphatic carboxylic acids is 1. The van der Waals surface area contributed by atoms with E-state index in [1.54, 1.807) is 32.7 Å². The fourth-order valence-corrected chi connectivity index (χ4v) is 2.32. The molecule has 0 amide bonds. The van der Waals surface area contributed by atoms with E-state index in [1.165, 1.54) is 0 Å². The number of carbonyl (C=O) groups is 1. The molecular formula is C13H18O3S. The number of benzene rings is 1. The Bertz CT molecular complexity index is 413. The van der Waals surface area contributed by atoms with Crippen LogP contribution in [0.3, 0.4) is 0 Å². The third-order valence-electron chi connectivity index (χ3n) is 2.55. The zero-order valence-corrected chi connectivity index (χ0v) is 11.4. The van der Waals surface area contributed by atoms with E-state index in [-0.39, 0.29) is 0 Å². The monoisotopic (exact) mass is 254 g/mol. The molecule has 0 unspecified atom stereocenters. The van der Waals surface area contributed by atoms with Gasteiger partial charge in [-0.05, 0) is 44.5 Å². The fourth-order valence-electron chi connectivity index (χ4n) is 1.23. The molecule has 0 atom stereocenters. The second-order valence-electron chi connectivity index (χ2n) is 4.61. The Morgan fingerprint density at radius 2 is 2.12 bits per heavy atom. The number of ether oxygens (including phenoxy) is 1. The lowest BCUT2D eigenvalue weighted by Crippen LogP contribution is -2.26. The Hall–Kier alpha value is -1.16. The van der Waals surface area contributed by atoms with Crippen LogP contribution in [0.2, 0.25) is 0 Å². The predicted molar refractivity (Wildman–Crippen MR) is 69.9 cm³/mol. The molecule has 1 N–H and O–H groups in total. The molecule has 1 aromatic rings. The van der Waals surface area contributed by atoms with Gasteiger partial charge in [-0.2, -0.15) is 0 Å². The van der Waals surface area contributed by atoms with E-state index in [0.717, 1.165) is 16.2 Å². The van der Waals surface area contributed by atoms with Gasteiger partial charge in [-0.25, -0.2) is 0 Å². The molecule has 0 fully saturated rings. The van der Waals surface area contributed by atoms with E-state index in [2.05, 4.69) is 0 Å². The van der Waals surface area contributed by atoms with Crippen LogP contribution in [-0.4, -0.2) is 23.9 Å². The van der Waals surface area contributed by atoms with E-state index in [4.69, 9.17) is 9.84 Å². The lowest BCUT2D eigenvalue weighted by molar-refractivity contribution is -0.145. The summed E-state index contributed by atoms with van der Waals surface area (Å²) < 4.78 is 5.13. The van der Waals surface area contributed by atoms with Gasteiger partial charge in [0.05, 0.1) is 12.5 Å². The molecule has 1 aromatic carbocycles. The predicted octanol–water partition coefficient (Wildman–Crippen LogP) is 3.21. The van der Waals surface area contributed by atoms with Crippen LogP contribution in [0.4, 0.5) is 0 Å². The first kappa shape index (κ1) is 13.9. The Morgan fingerprint density at radius 3 is 2.59 bits per heavy atom. The second kappa shape index (κ2) is 5.45. The van der Waals surface area contributed by atoms with Gasteiger partial charge < -0.3 is 9.84 Å². The van der Waals surface area contributed by atoms with Crippen LogP contribution in [0.5, 0.6) is 5.75 Å². The van der Waals surface area contributed by atoms with Crippen LogP contribution < -0.4 is 4.74 Å². The van der Waals surface area contributed by atoms with E-state index < -0.39 is 11.4 Å². The molecule has 0 bridgehead atoms. The van der Waals surface area contributed by atoms with E-state index >= 15 is 0 Å². The first-order chi connectivity index (χ1) is 7.86. The van der Waals surface area contributed by atoms with Gasteiger partial charge in [0.15, 0.2) is 0 Å². The van der Waals surface area contributed by atoms with Crippen molar-refractivity contribution in [3.8, 4) is 5.75 Å². The molecule has 0 saturated carbocycles. The average Bonchev–Trinajstić information content (AvgIpc) is 2.27. The van der Waals surface area contributed by atoms with E-state index in [0.29, 0.717) is 5.75 Å². The van der Waals surface area contributed by atoms with Gasteiger partial charge in [-0.15, -0.1) is 11.8 Å². The van der Waals surface area contributed by atoms with Crippen molar-refractivity contribution in [3.05, 3.63) is 23.8 Å². The maximum Gasteiger partial charge on any atom is 0.309 e. The van der Waals surface area contributed by atoms with Gasteiger partial charge in [0.1, 0.15) is 5.75 Å². The van der Waals surface area contributed by atoms with Crippen molar-refractivity contribution in [3.63, 3.8) is 0 Å². The molecular weight excluding hydrogens is 236 g/mol. The Morgan fingerprint density at radius 1 is 1.47 bits per heavy atom. The minimum Gasteiger partial charge on any atom is -0.497 e. The molecule has 0 aliphatic carbocycles. The maximum absolute atomic E-state index is 11.0. The van der Waals surface area contributed by atoms with Crippen LogP contribution in [0.1, 0.15) is 19.4 Å². The number of aryl methyl sites for hydroxylation is 1. The second-order valence-corrected chi connectivity index (χ2v) is 5.63. The smallest absolute Gasteiger partial charge is 0.309 e. The van der Waals surface area contributed by atoms with Crippen molar-refractivity contribution in [2.75, 3.05) is 12.9 Å². The third kappa shape index (κ3) is 3.66. The Balaban J connectivity index is 2.73. The summed E-state index contributed by atoms with van der Waals surface area (Å²) in [4.78, 5) is 12.1. The average molecular weight is 254 g/mol. The van der Waals surface area contributed by atoms with Crippen LogP contribution in [0.25, 0.3) is 0 Å². The number of methoxy groups -OCH3 is 1. The SMILES string of the molecule is COc1ccc(SCC(C)(C)C(=O)O)c(C)c1. The highest BCUT2D eigenvalue weighted by atomic mass is 32.2. The molecule has 0 aliphatic heterocycles. The van der Waals surface area contributed by atoms with Gasteiger partial charge in [0, 0.05) is 10.6 Å². The summed E-state index contributed by atoms with van der Waals surface area (Å²) in [7, 11) is 1.63. The topological polar surface area (TPSA) is 46.5 Å². The number of rotatable bonds is 5. The summed E-state index contributed by atoms with van der Waals surface area (Å²) in [6, 6.07) is 5.82. The fraction of sp³-hybridized carbons (Fsp3) is 0.462. The van der Waals surface area contributed by atoms with Gasteiger partial charge >= 0.3 is 5.97 Å². The number of hydrogen-bond acceptors (Lipinski definition) is 3. The quantitative estimate of drug-likeness (QED) is 0.820. The molecule has 0 radical (unpaired) electrons. The summed E-state index contributed by atoms with van der Waals surface area (Å²) >= 11 is 1.57. The van der Waals surface area contributed by atoms with Crippen LogP contribution in [0, 0.1) is 12.3 Å².